The topological polar surface area (TPSA) is 62.6 Å². The summed E-state index contributed by atoms with van der Waals surface area (Å²) in [5.41, 5.74) is 2.43. The molecule has 0 N–H and O–H groups in total. The van der Waals surface area contributed by atoms with Gasteiger partial charge in [-0.2, -0.15) is 4.98 Å². The molecule has 0 saturated carbocycles. The van der Waals surface area contributed by atoms with Gasteiger partial charge in [-0.3, -0.25) is 4.57 Å². The van der Waals surface area contributed by atoms with Crippen molar-refractivity contribution in [2.45, 2.75) is 13.0 Å². The molecular formula is C20H17BrN2O4. The van der Waals surface area contributed by atoms with Crippen molar-refractivity contribution in [2.75, 3.05) is 14.2 Å². The van der Waals surface area contributed by atoms with E-state index in [-0.39, 0.29) is 11.6 Å². The zero-order chi connectivity index (χ0) is 19.0. The fourth-order valence-corrected chi connectivity index (χ4v) is 3.46. The molecule has 0 saturated heterocycles. The van der Waals surface area contributed by atoms with E-state index in [0.29, 0.717) is 23.8 Å². The molecule has 27 heavy (non-hydrogen) atoms. The van der Waals surface area contributed by atoms with E-state index in [2.05, 4.69) is 20.9 Å². The normalized spacial score (nSPS) is 12.1. The van der Waals surface area contributed by atoms with Gasteiger partial charge < -0.3 is 14.2 Å². The molecule has 1 aliphatic rings. The predicted octanol–water partition coefficient (Wildman–Crippen LogP) is 4.04. The number of benzene rings is 2. The summed E-state index contributed by atoms with van der Waals surface area (Å²) in [5.74, 6) is 2.16. The molecule has 7 heteroatoms. The first-order valence-electron chi connectivity index (χ1n) is 8.39. The Labute approximate surface area is 164 Å². The standard InChI is InChI=1S/C20H17BrN2O4/c1-25-17-9-12-7-8-23-16(15(12)10-18(17)26-2)11-19(22-20(23)24)27-14-5-3-13(21)4-6-14/h3-6,9-11H,7-8H2,1-2H3. The van der Waals surface area contributed by atoms with E-state index in [9.17, 15) is 4.79 Å². The molecule has 0 spiro atoms. The van der Waals surface area contributed by atoms with E-state index in [4.69, 9.17) is 14.2 Å². The van der Waals surface area contributed by atoms with Gasteiger partial charge in [-0.15, -0.1) is 0 Å². The second-order valence-electron chi connectivity index (χ2n) is 6.08. The zero-order valence-corrected chi connectivity index (χ0v) is 16.4. The van der Waals surface area contributed by atoms with E-state index in [1.54, 1.807) is 24.9 Å². The number of halogens is 1. The molecule has 1 aliphatic heterocycles. The Kier molecular flexibility index (Phi) is 4.61. The highest BCUT2D eigenvalue weighted by molar-refractivity contribution is 9.10. The Morgan fingerprint density at radius 1 is 1.04 bits per heavy atom. The van der Waals surface area contributed by atoms with Crippen molar-refractivity contribution in [3.63, 3.8) is 0 Å². The summed E-state index contributed by atoms with van der Waals surface area (Å²) in [7, 11) is 3.20. The molecule has 3 aromatic rings. The van der Waals surface area contributed by atoms with E-state index >= 15 is 0 Å². The average Bonchev–Trinajstić information content (AvgIpc) is 2.68. The summed E-state index contributed by atoms with van der Waals surface area (Å²) in [4.78, 5) is 16.6. The molecule has 4 rings (SSSR count). The van der Waals surface area contributed by atoms with Crippen molar-refractivity contribution in [3.05, 3.63) is 63.0 Å². The third kappa shape index (κ3) is 3.30. The molecule has 0 amide bonds. The number of aryl methyl sites for hydroxylation is 1. The highest BCUT2D eigenvalue weighted by Gasteiger charge is 2.22. The Balaban J connectivity index is 1.80. The number of ether oxygens (including phenoxy) is 3. The monoisotopic (exact) mass is 428 g/mol. The van der Waals surface area contributed by atoms with Crippen LogP contribution in [0.5, 0.6) is 23.1 Å². The van der Waals surface area contributed by atoms with Crippen LogP contribution in [0.4, 0.5) is 0 Å². The first-order valence-corrected chi connectivity index (χ1v) is 9.19. The van der Waals surface area contributed by atoms with Gasteiger partial charge in [0.2, 0.25) is 5.88 Å². The lowest BCUT2D eigenvalue weighted by Crippen LogP contribution is -2.28. The molecule has 0 fully saturated rings. The number of methoxy groups -OCH3 is 2. The van der Waals surface area contributed by atoms with Crippen molar-refractivity contribution in [3.8, 4) is 34.4 Å². The highest BCUT2D eigenvalue weighted by atomic mass is 79.9. The van der Waals surface area contributed by atoms with Crippen molar-refractivity contribution >= 4 is 15.9 Å². The first kappa shape index (κ1) is 17.6. The summed E-state index contributed by atoms with van der Waals surface area (Å²) < 4.78 is 19.2. The van der Waals surface area contributed by atoms with Crippen LogP contribution in [-0.2, 0) is 13.0 Å². The van der Waals surface area contributed by atoms with E-state index in [1.807, 2.05) is 36.4 Å². The molecule has 138 valence electrons. The number of nitrogens with zero attached hydrogens (tertiary/aromatic N) is 2. The molecular weight excluding hydrogens is 412 g/mol. The predicted molar refractivity (Wildman–Crippen MR) is 105 cm³/mol. The van der Waals surface area contributed by atoms with Crippen molar-refractivity contribution in [2.24, 2.45) is 0 Å². The second kappa shape index (κ2) is 7.08. The number of rotatable bonds is 4. The van der Waals surface area contributed by atoms with Gasteiger partial charge in [0.15, 0.2) is 11.5 Å². The summed E-state index contributed by atoms with van der Waals surface area (Å²) in [6.45, 7) is 0.558. The summed E-state index contributed by atoms with van der Waals surface area (Å²) in [6, 6.07) is 13.0. The molecule has 0 radical (unpaired) electrons. The maximum atomic E-state index is 12.5. The van der Waals surface area contributed by atoms with Crippen LogP contribution >= 0.6 is 15.9 Å². The molecule has 1 aromatic heterocycles. The molecule has 0 aliphatic carbocycles. The Bertz CT molecular complexity index is 1060. The van der Waals surface area contributed by atoms with E-state index in [0.717, 1.165) is 27.7 Å². The molecule has 2 heterocycles. The van der Waals surface area contributed by atoms with Gasteiger partial charge in [0.25, 0.3) is 0 Å². The molecule has 2 aromatic carbocycles. The first-order chi connectivity index (χ1) is 13.1. The number of hydrogen-bond acceptors (Lipinski definition) is 5. The van der Waals surface area contributed by atoms with Gasteiger partial charge in [-0.1, -0.05) is 15.9 Å². The molecule has 0 unspecified atom stereocenters. The number of hydrogen-bond donors (Lipinski definition) is 0. The summed E-state index contributed by atoms with van der Waals surface area (Å²) in [6.07, 6.45) is 0.719. The zero-order valence-electron chi connectivity index (χ0n) is 14.9. The molecule has 0 bridgehead atoms. The minimum atomic E-state index is -0.333. The Morgan fingerprint density at radius 3 is 2.44 bits per heavy atom. The van der Waals surface area contributed by atoms with Crippen LogP contribution in [-0.4, -0.2) is 23.8 Å². The van der Waals surface area contributed by atoms with Crippen molar-refractivity contribution in [1.29, 1.82) is 0 Å². The van der Waals surface area contributed by atoms with Gasteiger partial charge in [0, 0.05) is 22.6 Å². The lowest BCUT2D eigenvalue weighted by atomic mass is 9.97. The second-order valence-corrected chi connectivity index (χ2v) is 7.00. The fourth-order valence-electron chi connectivity index (χ4n) is 3.20. The average molecular weight is 429 g/mol. The van der Waals surface area contributed by atoms with Gasteiger partial charge in [-0.25, -0.2) is 4.79 Å². The van der Waals surface area contributed by atoms with Gasteiger partial charge in [0.05, 0.1) is 19.9 Å². The van der Waals surface area contributed by atoms with Crippen LogP contribution in [0.1, 0.15) is 5.56 Å². The smallest absolute Gasteiger partial charge is 0.351 e. The van der Waals surface area contributed by atoms with Crippen molar-refractivity contribution in [1.82, 2.24) is 9.55 Å². The summed E-state index contributed by atoms with van der Waals surface area (Å²) >= 11 is 3.39. The van der Waals surface area contributed by atoms with E-state index in [1.165, 1.54) is 0 Å². The van der Waals surface area contributed by atoms with Crippen LogP contribution < -0.4 is 19.9 Å². The van der Waals surface area contributed by atoms with Crippen LogP contribution in [0.25, 0.3) is 11.3 Å². The highest BCUT2D eigenvalue weighted by Crippen LogP contribution is 2.38. The van der Waals surface area contributed by atoms with Crippen molar-refractivity contribution < 1.29 is 14.2 Å². The Morgan fingerprint density at radius 2 is 1.74 bits per heavy atom. The lowest BCUT2D eigenvalue weighted by molar-refractivity contribution is 0.354. The largest absolute Gasteiger partial charge is 0.493 e. The summed E-state index contributed by atoms with van der Waals surface area (Å²) in [5, 5.41) is 0. The molecule has 6 nitrogen and oxygen atoms in total. The Hall–Kier alpha value is -2.80. The maximum Gasteiger partial charge on any atom is 0.351 e. The minimum absolute atomic E-state index is 0.260. The van der Waals surface area contributed by atoms with Crippen LogP contribution in [0.15, 0.2) is 51.7 Å². The van der Waals surface area contributed by atoms with Crippen LogP contribution in [0.3, 0.4) is 0 Å². The van der Waals surface area contributed by atoms with Gasteiger partial charge in [0.1, 0.15) is 5.75 Å². The van der Waals surface area contributed by atoms with E-state index < -0.39 is 0 Å². The third-order valence-corrected chi connectivity index (χ3v) is 5.04. The molecule has 0 atom stereocenters. The van der Waals surface area contributed by atoms with Gasteiger partial charge in [-0.05, 0) is 48.4 Å². The minimum Gasteiger partial charge on any atom is -0.493 e. The van der Waals surface area contributed by atoms with Crippen LogP contribution in [0, 0.1) is 0 Å². The third-order valence-electron chi connectivity index (χ3n) is 4.51. The number of fused-ring (bicyclic) bond motifs is 3. The van der Waals surface area contributed by atoms with Crippen LogP contribution in [0.2, 0.25) is 0 Å². The quantitative estimate of drug-likeness (QED) is 0.627. The number of aromatic nitrogens is 2. The lowest BCUT2D eigenvalue weighted by Gasteiger charge is -2.23. The maximum absolute atomic E-state index is 12.5. The fraction of sp³-hybridized carbons (Fsp3) is 0.200. The van der Waals surface area contributed by atoms with Gasteiger partial charge >= 0.3 is 5.69 Å². The SMILES string of the molecule is COc1cc2c(cc1OC)-c1cc(Oc3ccc(Br)cc3)nc(=O)n1CC2.